The first-order valence-corrected chi connectivity index (χ1v) is 9.35. The number of benzene rings is 1. The van der Waals surface area contributed by atoms with Crippen molar-refractivity contribution in [2.24, 2.45) is 5.92 Å². The number of amides is 1. The van der Waals surface area contributed by atoms with Crippen LogP contribution in [0.4, 0.5) is 0 Å². The molecule has 1 N–H and O–H groups in total. The van der Waals surface area contributed by atoms with Gasteiger partial charge in [-0.1, -0.05) is 18.2 Å². The van der Waals surface area contributed by atoms with Crippen molar-refractivity contribution in [3.63, 3.8) is 0 Å². The Bertz CT molecular complexity index is 823. The SMILES string of the molecule is O=C(NC1CC1)C1CCc2nn(CCOc3ccccc3)c(=O)n2CC1. The Morgan fingerprint density at radius 3 is 2.77 bits per heavy atom. The van der Waals surface area contributed by atoms with E-state index in [1.807, 2.05) is 30.3 Å². The number of carbonyl (C=O) groups is 1. The molecule has 1 unspecified atom stereocenters. The van der Waals surface area contributed by atoms with E-state index in [9.17, 15) is 9.59 Å². The van der Waals surface area contributed by atoms with Gasteiger partial charge in [0.1, 0.15) is 18.2 Å². The molecule has 4 rings (SSSR count). The minimum Gasteiger partial charge on any atom is -0.492 e. The zero-order chi connectivity index (χ0) is 17.9. The Labute approximate surface area is 152 Å². The predicted octanol–water partition coefficient (Wildman–Crippen LogP) is 1.35. The summed E-state index contributed by atoms with van der Waals surface area (Å²) in [4.78, 5) is 24.8. The second-order valence-corrected chi connectivity index (χ2v) is 7.04. The molecule has 1 saturated carbocycles. The fourth-order valence-corrected chi connectivity index (χ4v) is 3.35. The summed E-state index contributed by atoms with van der Waals surface area (Å²) < 4.78 is 8.84. The highest BCUT2D eigenvalue weighted by atomic mass is 16.5. The lowest BCUT2D eigenvalue weighted by molar-refractivity contribution is -0.125. The molecule has 7 heteroatoms. The Balaban J connectivity index is 1.35. The number of nitrogens with zero attached hydrogens (tertiary/aromatic N) is 3. The first kappa shape index (κ1) is 16.9. The van der Waals surface area contributed by atoms with E-state index >= 15 is 0 Å². The molecule has 0 bridgehead atoms. The van der Waals surface area contributed by atoms with Crippen LogP contribution in [0.15, 0.2) is 35.1 Å². The molecule has 1 aliphatic carbocycles. The Kier molecular flexibility index (Phi) is 4.77. The van der Waals surface area contributed by atoms with E-state index in [1.165, 1.54) is 4.68 Å². The van der Waals surface area contributed by atoms with Crippen molar-refractivity contribution >= 4 is 5.91 Å². The fourth-order valence-electron chi connectivity index (χ4n) is 3.35. The van der Waals surface area contributed by atoms with Crippen LogP contribution in [-0.2, 0) is 24.3 Å². The van der Waals surface area contributed by atoms with Crippen LogP contribution in [-0.4, -0.2) is 32.9 Å². The van der Waals surface area contributed by atoms with Gasteiger partial charge in [0.2, 0.25) is 5.91 Å². The van der Waals surface area contributed by atoms with E-state index in [1.54, 1.807) is 4.57 Å². The number of rotatable bonds is 6. The summed E-state index contributed by atoms with van der Waals surface area (Å²) in [6, 6.07) is 9.91. The lowest BCUT2D eigenvalue weighted by atomic mass is 9.99. The molecule has 2 heterocycles. The first-order valence-electron chi connectivity index (χ1n) is 9.35. The number of fused-ring (bicyclic) bond motifs is 1. The zero-order valence-electron chi connectivity index (χ0n) is 14.8. The van der Waals surface area contributed by atoms with Gasteiger partial charge in [-0.15, -0.1) is 0 Å². The molecule has 2 aromatic rings. The van der Waals surface area contributed by atoms with Crippen LogP contribution in [0.3, 0.4) is 0 Å². The van der Waals surface area contributed by atoms with Crippen LogP contribution in [0, 0.1) is 5.92 Å². The van der Waals surface area contributed by atoms with E-state index in [0.29, 0.717) is 38.6 Å². The zero-order valence-corrected chi connectivity index (χ0v) is 14.8. The number of nitrogens with one attached hydrogen (secondary N) is 1. The topological polar surface area (TPSA) is 78.2 Å². The summed E-state index contributed by atoms with van der Waals surface area (Å²) in [5, 5.41) is 7.54. The maximum Gasteiger partial charge on any atom is 0.346 e. The maximum atomic E-state index is 12.6. The van der Waals surface area contributed by atoms with E-state index in [4.69, 9.17) is 4.74 Å². The monoisotopic (exact) mass is 356 g/mol. The highest BCUT2D eigenvalue weighted by Crippen LogP contribution is 2.23. The van der Waals surface area contributed by atoms with E-state index < -0.39 is 0 Å². The Morgan fingerprint density at radius 1 is 1.19 bits per heavy atom. The average Bonchev–Trinajstić information content (AvgIpc) is 3.44. The molecule has 1 aliphatic heterocycles. The lowest BCUT2D eigenvalue weighted by Gasteiger charge is -2.13. The van der Waals surface area contributed by atoms with Crippen molar-refractivity contribution in [1.82, 2.24) is 19.7 Å². The summed E-state index contributed by atoms with van der Waals surface area (Å²) in [5.74, 6) is 1.67. The molecule has 26 heavy (non-hydrogen) atoms. The third-order valence-electron chi connectivity index (χ3n) is 5.03. The lowest BCUT2D eigenvalue weighted by Crippen LogP contribution is -2.33. The largest absolute Gasteiger partial charge is 0.492 e. The molecule has 2 aliphatic rings. The second-order valence-electron chi connectivity index (χ2n) is 7.04. The van der Waals surface area contributed by atoms with Crippen molar-refractivity contribution in [1.29, 1.82) is 0 Å². The molecular weight excluding hydrogens is 332 g/mol. The van der Waals surface area contributed by atoms with Crippen molar-refractivity contribution in [3.05, 3.63) is 46.6 Å². The number of carbonyl (C=O) groups excluding carboxylic acids is 1. The van der Waals surface area contributed by atoms with Gasteiger partial charge < -0.3 is 10.1 Å². The van der Waals surface area contributed by atoms with Gasteiger partial charge in [0.15, 0.2) is 0 Å². The third kappa shape index (κ3) is 3.81. The van der Waals surface area contributed by atoms with Crippen molar-refractivity contribution < 1.29 is 9.53 Å². The predicted molar refractivity (Wildman–Crippen MR) is 96.0 cm³/mol. The fraction of sp³-hybridized carbons (Fsp3) is 0.526. The molecule has 0 saturated heterocycles. The van der Waals surface area contributed by atoms with Gasteiger partial charge in [0.05, 0.1) is 6.54 Å². The third-order valence-corrected chi connectivity index (χ3v) is 5.03. The first-order chi connectivity index (χ1) is 12.7. The van der Waals surface area contributed by atoms with Gasteiger partial charge >= 0.3 is 5.69 Å². The highest BCUT2D eigenvalue weighted by Gasteiger charge is 2.29. The number of aryl methyl sites for hydroxylation is 1. The van der Waals surface area contributed by atoms with Gasteiger partial charge in [-0.05, 0) is 37.8 Å². The molecule has 0 radical (unpaired) electrons. The summed E-state index contributed by atoms with van der Waals surface area (Å²) in [5.41, 5.74) is -0.111. The normalized spacial score (nSPS) is 19.5. The molecule has 1 aromatic heterocycles. The van der Waals surface area contributed by atoms with Crippen LogP contribution in [0.1, 0.15) is 31.5 Å². The minimum absolute atomic E-state index is 0.0217. The molecule has 1 amide bonds. The Hall–Kier alpha value is -2.57. The molecule has 0 spiro atoms. The summed E-state index contributed by atoms with van der Waals surface area (Å²) in [6.45, 7) is 1.36. The number of aromatic nitrogens is 3. The highest BCUT2D eigenvalue weighted by molar-refractivity contribution is 5.79. The quantitative estimate of drug-likeness (QED) is 0.848. The van der Waals surface area contributed by atoms with E-state index in [0.717, 1.165) is 30.8 Å². The van der Waals surface area contributed by atoms with Gasteiger partial charge in [-0.3, -0.25) is 9.36 Å². The van der Waals surface area contributed by atoms with Crippen molar-refractivity contribution in [2.75, 3.05) is 6.61 Å². The van der Waals surface area contributed by atoms with Gasteiger partial charge in [-0.25, -0.2) is 9.48 Å². The number of ether oxygens (including phenoxy) is 1. The van der Waals surface area contributed by atoms with Crippen molar-refractivity contribution in [2.45, 2.75) is 51.2 Å². The van der Waals surface area contributed by atoms with Crippen LogP contribution >= 0.6 is 0 Å². The summed E-state index contributed by atoms with van der Waals surface area (Å²) in [7, 11) is 0. The Morgan fingerprint density at radius 2 is 2.00 bits per heavy atom. The van der Waals surface area contributed by atoms with E-state index in [-0.39, 0.29) is 17.5 Å². The second kappa shape index (κ2) is 7.35. The molecule has 1 fully saturated rings. The standard InChI is InChI=1S/C19H24N4O3/c24-18(20-15-7-8-15)14-6-9-17-21-23(19(25)22(17)11-10-14)12-13-26-16-4-2-1-3-5-16/h1-5,14-15H,6-13H2,(H,20,24). The molecule has 1 aromatic carbocycles. The minimum atomic E-state index is -0.111. The van der Waals surface area contributed by atoms with Crippen molar-refractivity contribution in [3.8, 4) is 5.75 Å². The van der Waals surface area contributed by atoms with Gasteiger partial charge in [0.25, 0.3) is 0 Å². The van der Waals surface area contributed by atoms with Crippen LogP contribution in [0.5, 0.6) is 5.75 Å². The number of hydrogen-bond donors (Lipinski definition) is 1. The molecule has 7 nitrogen and oxygen atoms in total. The summed E-state index contributed by atoms with van der Waals surface area (Å²) in [6.07, 6.45) is 4.28. The van der Waals surface area contributed by atoms with Crippen LogP contribution in [0.25, 0.3) is 0 Å². The van der Waals surface area contributed by atoms with Crippen LogP contribution in [0.2, 0.25) is 0 Å². The van der Waals surface area contributed by atoms with Gasteiger partial charge in [0, 0.05) is 24.9 Å². The molecule has 138 valence electrons. The van der Waals surface area contributed by atoms with Gasteiger partial charge in [-0.2, -0.15) is 5.10 Å². The number of hydrogen-bond acceptors (Lipinski definition) is 4. The average molecular weight is 356 g/mol. The molecule has 1 atom stereocenters. The van der Waals surface area contributed by atoms with E-state index in [2.05, 4.69) is 10.4 Å². The summed E-state index contributed by atoms with van der Waals surface area (Å²) >= 11 is 0. The molecular formula is C19H24N4O3. The maximum absolute atomic E-state index is 12.6. The smallest absolute Gasteiger partial charge is 0.346 e. The number of para-hydroxylation sites is 1. The van der Waals surface area contributed by atoms with Crippen LogP contribution < -0.4 is 15.7 Å².